The van der Waals surface area contributed by atoms with E-state index in [1.807, 2.05) is 0 Å². The second-order valence-electron chi connectivity index (χ2n) is 4.74. The lowest BCUT2D eigenvalue weighted by Crippen LogP contribution is -2.18. The van der Waals surface area contributed by atoms with Crippen LogP contribution in [-0.4, -0.2) is 27.4 Å². The largest absolute Gasteiger partial charge is 0.507 e. The summed E-state index contributed by atoms with van der Waals surface area (Å²) in [4.78, 5) is 11.8. The second kappa shape index (κ2) is 5.16. The number of aromatic hydroxyl groups is 1. The lowest BCUT2D eigenvalue weighted by atomic mass is 10.2. The fraction of sp³-hybridized carbons (Fsp3) is 0.214. The summed E-state index contributed by atoms with van der Waals surface area (Å²) in [5, 5.41) is 20.2. The predicted molar refractivity (Wildman–Crippen MR) is 73.7 cm³/mol. The number of carbonyl (C=O) groups excluding carboxylic acids is 1. The number of rotatable bonds is 4. The van der Waals surface area contributed by atoms with Gasteiger partial charge in [0.2, 0.25) is 0 Å². The van der Waals surface area contributed by atoms with Gasteiger partial charge in [0.15, 0.2) is 5.69 Å². The molecule has 0 radical (unpaired) electrons. The monoisotopic (exact) mass is 270 g/mol. The molecule has 3 rings (SSSR count). The first-order valence-electron chi connectivity index (χ1n) is 6.41. The summed E-state index contributed by atoms with van der Waals surface area (Å²) in [5.41, 5.74) is 4.24. The summed E-state index contributed by atoms with van der Waals surface area (Å²) >= 11 is 0. The van der Waals surface area contributed by atoms with Crippen molar-refractivity contribution in [1.29, 1.82) is 0 Å². The quantitative estimate of drug-likeness (QED) is 0.584. The Labute approximate surface area is 115 Å². The van der Waals surface area contributed by atoms with Crippen LogP contribution in [0.15, 0.2) is 35.4 Å². The van der Waals surface area contributed by atoms with Crippen molar-refractivity contribution in [3.63, 3.8) is 0 Å². The van der Waals surface area contributed by atoms with Crippen molar-refractivity contribution < 1.29 is 9.90 Å². The highest BCUT2D eigenvalue weighted by Gasteiger charge is 2.26. The molecule has 0 spiro atoms. The summed E-state index contributed by atoms with van der Waals surface area (Å²) in [6, 6.07) is 8.50. The number of phenols is 1. The fourth-order valence-electron chi connectivity index (χ4n) is 1.87. The smallest absolute Gasteiger partial charge is 0.291 e. The summed E-state index contributed by atoms with van der Waals surface area (Å²) < 4.78 is 0. The number of phenolic OH excluding ortho intramolecular Hbond substituents is 1. The number of aromatic amines is 1. The van der Waals surface area contributed by atoms with Gasteiger partial charge in [0, 0.05) is 17.2 Å². The van der Waals surface area contributed by atoms with Crippen LogP contribution in [0.3, 0.4) is 0 Å². The number of amides is 1. The Kier molecular flexibility index (Phi) is 3.20. The van der Waals surface area contributed by atoms with Crippen molar-refractivity contribution in [3.8, 4) is 5.75 Å². The molecule has 1 heterocycles. The molecule has 1 fully saturated rings. The maximum absolute atomic E-state index is 11.8. The zero-order valence-corrected chi connectivity index (χ0v) is 10.7. The van der Waals surface area contributed by atoms with E-state index < -0.39 is 0 Å². The predicted octanol–water partition coefficient (Wildman–Crippen LogP) is 1.76. The number of hydrogen-bond acceptors (Lipinski definition) is 4. The van der Waals surface area contributed by atoms with Gasteiger partial charge in [-0.3, -0.25) is 9.89 Å². The number of para-hydroxylation sites is 1. The van der Waals surface area contributed by atoms with Crippen LogP contribution in [0.25, 0.3) is 0 Å². The van der Waals surface area contributed by atoms with Gasteiger partial charge >= 0.3 is 0 Å². The van der Waals surface area contributed by atoms with Crippen molar-refractivity contribution in [3.05, 3.63) is 47.3 Å². The molecule has 1 aliphatic rings. The van der Waals surface area contributed by atoms with E-state index in [2.05, 4.69) is 20.7 Å². The van der Waals surface area contributed by atoms with Crippen LogP contribution >= 0.6 is 0 Å². The van der Waals surface area contributed by atoms with Gasteiger partial charge in [0.05, 0.1) is 6.21 Å². The molecule has 102 valence electrons. The van der Waals surface area contributed by atoms with Crippen LogP contribution in [0.1, 0.15) is 40.5 Å². The second-order valence-corrected chi connectivity index (χ2v) is 4.74. The maximum atomic E-state index is 11.8. The Morgan fingerprint density at radius 3 is 3.00 bits per heavy atom. The number of nitrogens with one attached hydrogen (secondary N) is 2. The zero-order valence-electron chi connectivity index (χ0n) is 10.7. The van der Waals surface area contributed by atoms with Crippen LogP contribution in [0.5, 0.6) is 5.75 Å². The minimum Gasteiger partial charge on any atom is -0.507 e. The Balaban J connectivity index is 1.62. The van der Waals surface area contributed by atoms with E-state index in [9.17, 15) is 9.90 Å². The van der Waals surface area contributed by atoms with E-state index >= 15 is 0 Å². The third-order valence-corrected chi connectivity index (χ3v) is 3.15. The normalized spacial score (nSPS) is 14.6. The SMILES string of the molecule is O=C(NN=Cc1ccccc1O)c1cc(C2CC2)[nH]n1. The number of hydrazone groups is 1. The zero-order chi connectivity index (χ0) is 13.9. The molecule has 1 amide bonds. The van der Waals surface area contributed by atoms with Gasteiger partial charge in [-0.15, -0.1) is 0 Å². The van der Waals surface area contributed by atoms with Crippen LogP contribution < -0.4 is 5.43 Å². The van der Waals surface area contributed by atoms with Gasteiger partial charge in [-0.05, 0) is 31.0 Å². The Morgan fingerprint density at radius 1 is 1.45 bits per heavy atom. The van der Waals surface area contributed by atoms with E-state index in [4.69, 9.17) is 0 Å². The maximum Gasteiger partial charge on any atom is 0.291 e. The van der Waals surface area contributed by atoms with Crippen molar-refractivity contribution in [1.82, 2.24) is 15.6 Å². The Bertz CT molecular complexity index is 659. The van der Waals surface area contributed by atoms with E-state index in [1.165, 1.54) is 6.21 Å². The van der Waals surface area contributed by atoms with E-state index in [0.29, 0.717) is 17.2 Å². The lowest BCUT2D eigenvalue weighted by Gasteiger charge is -1.97. The summed E-state index contributed by atoms with van der Waals surface area (Å²) in [7, 11) is 0. The van der Waals surface area contributed by atoms with Crippen molar-refractivity contribution in [2.45, 2.75) is 18.8 Å². The minimum atomic E-state index is -0.375. The third-order valence-electron chi connectivity index (χ3n) is 3.15. The minimum absolute atomic E-state index is 0.112. The van der Waals surface area contributed by atoms with Gasteiger partial charge < -0.3 is 5.11 Å². The summed E-state index contributed by atoms with van der Waals surface area (Å²) in [5.74, 6) is 0.259. The van der Waals surface area contributed by atoms with E-state index in [1.54, 1.807) is 30.3 Å². The Hall–Kier alpha value is -2.63. The van der Waals surface area contributed by atoms with Gasteiger partial charge in [-0.1, -0.05) is 12.1 Å². The topological polar surface area (TPSA) is 90.4 Å². The first-order chi connectivity index (χ1) is 9.74. The number of H-pyrrole nitrogens is 1. The number of carbonyl (C=O) groups is 1. The van der Waals surface area contributed by atoms with Gasteiger partial charge in [-0.25, -0.2) is 5.43 Å². The Morgan fingerprint density at radius 2 is 2.25 bits per heavy atom. The summed E-state index contributed by atoms with van der Waals surface area (Å²) in [6.07, 6.45) is 3.69. The summed E-state index contributed by atoms with van der Waals surface area (Å²) in [6.45, 7) is 0. The van der Waals surface area contributed by atoms with Crippen molar-refractivity contribution >= 4 is 12.1 Å². The van der Waals surface area contributed by atoms with Gasteiger partial charge in [0.25, 0.3) is 5.91 Å². The number of benzene rings is 1. The van der Waals surface area contributed by atoms with Gasteiger partial charge in [0.1, 0.15) is 5.75 Å². The first kappa shape index (κ1) is 12.4. The number of nitrogens with zero attached hydrogens (tertiary/aromatic N) is 2. The van der Waals surface area contributed by atoms with E-state index in [-0.39, 0.29) is 11.7 Å². The number of hydrogen-bond donors (Lipinski definition) is 3. The molecule has 6 nitrogen and oxygen atoms in total. The van der Waals surface area contributed by atoms with Crippen LogP contribution in [-0.2, 0) is 0 Å². The van der Waals surface area contributed by atoms with Crippen LogP contribution in [0.4, 0.5) is 0 Å². The molecular formula is C14H14N4O2. The molecule has 2 aromatic rings. The van der Waals surface area contributed by atoms with Crippen LogP contribution in [0.2, 0.25) is 0 Å². The van der Waals surface area contributed by atoms with E-state index in [0.717, 1.165) is 18.5 Å². The first-order valence-corrected chi connectivity index (χ1v) is 6.41. The molecule has 0 saturated heterocycles. The van der Waals surface area contributed by atoms with Gasteiger partial charge in [-0.2, -0.15) is 10.2 Å². The molecule has 1 aliphatic carbocycles. The van der Waals surface area contributed by atoms with Crippen LogP contribution in [0, 0.1) is 0 Å². The molecule has 0 aliphatic heterocycles. The average molecular weight is 270 g/mol. The molecule has 1 aromatic heterocycles. The lowest BCUT2D eigenvalue weighted by molar-refractivity contribution is 0.0950. The molecule has 3 N–H and O–H groups in total. The molecule has 0 atom stereocenters. The molecule has 1 aromatic carbocycles. The van der Waals surface area contributed by atoms with Crippen molar-refractivity contribution in [2.75, 3.05) is 0 Å². The fourth-order valence-corrected chi connectivity index (χ4v) is 1.87. The molecule has 6 heteroatoms. The highest BCUT2D eigenvalue weighted by molar-refractivity contribution is 5.93. The average Bonchev–Trinajstić information content (AvgIpc) is 3.18. The molecule has 1 saturated carbocycles. The molecule has 20 heavy (non-hydrogen) atoms. The van der Waals surface area contributed by atoms with Crippen molar-refractivity contribution in [2.24, 2.45) is 5.10 Å². The standard InChI is InChI=1S/C14H14N4O2/c19-13-4-2-1-3-10(13)8-15-18-14(20)12-7-11(16-17-12)9-5-6-9/h1-4,7-9,19H,5-6H2,(H,16,17)(H,18,20). The highest BCUT2D eigenvalue weighted by Crippen LogP contribution is 2.38. The molecular weight excluding hydrogens is 256 g/mol. The number of aromatic nitrogens is 2. The molecule has 0 unspecified atom stereocenters. The third kappa shape index (κ3) is 2.69. The highest BCUT2D eigenvalue weighted by atomic mass is 16.3. The molecule has 0 bridgehead atoms.